The second kappa shape index (κ2) is 7.59. The molecule has 2 N–H and O–H groups in total. The number of carbonyl (C=O) groups is 1. The van der Waals surface area contributed by atoms with Gasteiger partial charge in [0.05, 0.1) is 17.9 Å². The number of rotatable bonds is 4. The SMILES string of the molecule is Cl.Cl.NCc1ccc(C(=O)OCC23CC4CC(CC(C4)C2)C3)cn1. The second-order valence-corrected chi connectivity index (χ2v) is 7.74. The smallest absolute Gasteiger partial charge is 0.339 e. The first-order valence-corrected chi connectivity index (χ1v) is 8.48. The number of hydrogen-bond donors (Lipinski definition) is 1. The van der Waals surface area contributed by atoms with Crippen LogP contribution >= 0.6 is 24.8 Å². The minimum Gasteiger partial charge on any atom is -0.461 e. The van der Waals surface area contributed by atoms with E-state index in [1.165, 1.54) is 38.5 Å². The number of pyridine rings is 1. The highest BCUT2D eigenvalue weighted by Gasteiger charge is 2.51. The van der Waals surface area contributed by atoms with Crippen molar-refractivity contribution < 1.29 is 9.53 Å². The molecule has 1 aromatic heterocycles. The van der Waals surface area contributed by atoms with Crippen molar-refractivity contribution in [1.82, 2.24) is 4.98 Å². The molecule has 0 atom stereocenters. The third-order valence-corrected chi connectivity index (χ3v) is 5.94. The molecule has 0 aromatic carbocycles. The van der Waals surface area contributed by atoms with Gasteiger partial charge in [-0.1, -0.05) is 0 Å². The fourth-order valence-electron chi connectivity index (χ4n) is 5.43. The average Bonchev–Trinajstić information content (AvgIpc) is 2.51. The lowest BCUT2D eigenvalue weighted by molar-refractivity contribution is -0.0848. The molecule has 6 heteroatoms. The van der Waals surface area contributed by atoms with Crippen molar-refractivity contribution in [3.8, 4) is 0 Å². The van der Waals surface area contributed by atoms with Crippen molar-refractivity contribution in [3.63, 3.8) is 0 Å². The van der Waals surface area contributed by atoms with E-state index in [4.69, 9.17) is 10.5 Å². The predicted molar refractivity (Wildman–Crippen MR) is 97.5 cm³/mol. The van der Waals surface area contributed by atoms with Crippen molar-refractivity contribution in [1.29, 1.82) is 0 Å². The Morgan fingerprint density at radius 2 is 1.71 bits per heavy atom. The van der Waals surface area contributed by atoms with Crippen molar-refractivity contribution in [3.05, 3.63) is 29.6 Å². The molecule has 4 fully saturated rings. The summed E-state index contributed by atoms with van der Waals surface area (Å²) < 4.78 is 5.68. The molecule has 0 saturated heterocycles. The molecular weight excluding hydrogens is 347 g/mol. The monoisotopic (exact) mass is 372 g/mol. The Bertz CT molecular complexity index is 542. The van der Waals surface area contributed by atoms with Gasteiger partial charge in [-0.15, -0.1) is 24.8 Å². The second-order valence-electron chi connectivity index (χ2n) is 7.74. The lowest BCUT2D eigenvalue weighted by Crippen LogP contribution is -2.48. The highest BCUT2D eigenvalue weighted by Crippen LogP contribution is 2.60. The van der Waals surface area contributed by atoms with Gasteiger partial charge < -0.3 is 10.5 Å². The van der Waals surface area contributed by atoms with Crippen LogP contribution in [0.4, 0.5) is 0 Å². The Kier molecular flexibility index (Phi) is 6.16. The Morgan fingerprint density at radius 1 is 1.12 bits per heavy atom. The van der Waals surface area contributed by atoms with Gasteiger partial charge in [0.1, 0.15) is 0 Å². The molecule has 134 valence electrons. The maximum Gasteiger partial charge on any atom is 0.339 e. The van der Waals surface area contributed by atoms with Gasteiger partial charge in [0.25, 0.3) is 0 Å². The summed E-state index contributed by atoms with van der Waals surface area (Å²) in [6.45, 7) is 0.983. The van der Waals surface area contributed by atoms with Crippen LogP contribution in [0.15, 0.2) is 18.3 Å². The molecule has 5 rings (SSSR count). The van der Waals surface area contributed by atoms with E-state index in [9.17, 15) is 4.79 Å². The van der Waals surface area contributed by atoms with Crippen molar-refractivity contribution in [2.75, 3.05) is 6.61 Å². The predicted octanol–water partition coefficient (Wildman–Crippen LogP) is 3.76. The quantitative estimate of drug-likeness (QED) is 0.817. The Hall–Kier alpha value is -0.840. The van der Waals surface area contributed by atoms with E-state index in [1.54, 1.807) is 18.3 Å². The summed E-state index contributed by atoms with van der Waals surface area (Å²) in [6.07, 6.45) is 9.60. The molecule has 0 amide bonds. The van der Waals surface area contributed by atoms with Crippen LogP contribution in [0.5, 0.6) is 0 Å². The van der Waals surface area contributed by atoms with Crippen LogP contribution in [-0.4, -0.2) is 17.6 Å². The molecule has 1 aromatic rings. The van der Waals surface area contributed by atoms with E-state index in [1.807, 2.05) is 0 Å². The fraction of sp³-hybridized carbons (Fsp3) is 0.667. The number of carbonyl (C=O) groups excluding carboxylic acids is 1. The molecule has 0 spiro atoms. The number of halogens is 2. The molecule has 4 aliphatic carbocycles. The van der Waals surface area contributed by atoms with Gasteiger partial charge in [-0.25, -0.2) is 4.79 Å². The standard InChI is InChI=1S/C18H24N2O2.2ClH/c19-9-16-2-1-15(10-20-16)17(21)22-11-18-6-12-3-13(7-18)5-14(4-12)8-18;;/h1-2,10,12-14H,3-9,11,19H2;2*1H. The van der Waals surface area contributed by atoms with Crippen LogP contribution in [0.1, 0.15) is 54.6 Å². The lowest BCUT2D eigenvalue weighted by Gasteiger charge is -2.56. The van der Waals surface area contributed by atoms with E-state index in [2.05, 4.69) is 4.98 Å². The van der Waals surface area contributed by atoms with Crippen LogP contribution < -0.4 is 5.73 Å². The zero-order valence-corrected chi connectivity index (χ0v) is 15.4. The summed E-state index contributed by atoms with van der Waals surface area (Å²) >= 11 is 0. The highest BCUT2D eigenvalue weighted by atomic mass is 35.5. The zero-order chi connectivity index (χ0) is 15.2. The first-order valence-electron chi connectivity index (χ1n) is 8.48. The van der Waals surface area contributed by atoms with Crippen LogP contribution in [0, 0.1) is 23.2 Å². The van der Waals surface area contributed by atoms with Gasteiger partial charge in [0, 0.05) is 18.2 Å². The molecule has 4 nitrogen and oxygen atoms in total. The molecule has 4 aliphatic rings. The van der Waals surface area contributed by atoms with Gasteiger partial charge in [-0.3, -0.25) is 4.98 Å². The minimum absolute atomic E-state index is 0. The van der Waals surface area contributed by atoms with Crippen molar-refractivity contribution >= 4 is 30.8 Å². The number of aromatic nitrogens is 1. The van der Waals surface area contributed by atoms with Crippen molar-refractivity contribution in [2.24, 2.45) is 28.9 Å². The lowest BCUT2D eigenvalue weighted by atomic mass is 9.50. The third-order valence-electron chi connectivity index (χ3n) is 5.94. The van der Waals surface area contributed by atoms with E-state index in [0.717, 1.165) is 23.4 Å². The fourth-order valence-corrected chi connectivity index (χ4v) is 5.43. The number of hydrogen-bond acceptors (Lipinski definition) is 4. The molecule has 0 aliphatic heterocycles. The highest BCUT2D eigenvalue weighted by molar-refractivity contribution is 5.89. The minimum atomic E-state index is -0.244. The van der Waals surface area contributed by atoms with Gasteiger partial charge >= 0.3 is 5.97 Å². The van der Waals surface area contributed by atoms with E-state index in [0.29, 0.717) is 18.7 Å². The zero-order valence-electron chi connectivity index (χ0n) is 13.8. The number of ether oxygens (including phenoxy) is 1. The first-order chi connectivity index (χ1) is 10.7. The van der Waals surface area contributed by atoms with Crippen LogP contribution in [-0.2, 0) is 11.3 Å². The average molecular weight is 373 g/mol. The van der Waals surface area contributed by atoms with Gasteiger partial charge in [-0.2, -0.15) is 0 Å². The normalized spacial score (nSPS) is 32.6. The molecular formula is C18H26Cl2N2O2. The van der Waals surface area contributed by atoms with E-state index >= 15 is 0 Å². The number of nitrogens with two attached hydrogens (primary N) is 1. The van der Waals surface area contributed by atoms with Crippen molar-refractivity contribution in [2.45, 2.75) is 45.1 Å². The Morgan fingerprint density at radius 3 is 2.17 bits per heavy atom. The summed E-state index contributed by atoms with van der Waals surface area (Å²) in [4.78, 5) is 16.4. The Labute approximate surface area is 155 Å². The van der Waals surface area contributed by atoms with Crippen LogP contribution in [0.2, 0.25) is 0 Å². The summed E-state index contributed by atoms with van der Waals surface area (Å²) in [5.74, 6) is 2.41. The van der Waals surface area contributed by atoms with E-state index < -0.39 is 0 Å². The first kappa shape index (κ1) is 19.5. The van der Waals surface area contributed by atoms with Crippen LogP contribution in [0.25, 0.3) is 0 Å². The largest absolute Gasteiger partial charge is 0.461 e. The molecule has 24 heavy (non-hydrogen) atoms. The molecule has 0 unspecified atom stereocenters. The summed E-state index contributed by atoms with van der Waals surface area (Å²) in [6, 6.07) is 3.55. The van der Waals surface area contributed by atoms with Gasteiger partial charge in [-0.05, 0) is 68.4 Å². The number of esters is 1. The molecule has 0 radical (unpaired) electrons. The summed E-state index contributed by atoms with van der Waals surface area (Å²) in [7, 11) is 0. The maximum absolute atomic E-state index is 12.2. The topological polar surface area (TPSA) is 65.2 Å². The third kappa shape index (κ3) is 3.71. The molecule has 4 saturated carbocycles. The van der Waals surface area contributed by atoms with Gasteiger partial charge in [0.2, 0.25) is 0 Å². The summed E-state index contributed by atoms with van der Waals surface area (Å²) in [5.41, 5.74) is 7.12. The maximum atomic E-state index is 12.2. The van der Waals surface area contributed by atoms with Gasteiger partial charge in [0.15, 0.2) is 0 Å². The Balaban J connectivity index is 0.00000104. The van der Waals surface area contributed by atoms with E-state index in [-0.39, 0.29) is 36.2 Å². The molecule has 1 heterocycles. The molecule has 4 bridgehead atoms. The van der Waals surface area contributed by atoms with Crippen LogP contribution in [0.3, 0.4) is 0 Å². The summed E-state index contributed by atoms with van der Waals surface area (Å²) in [5, 5.41) is 0. The number of nitrogens with zero attached hydrogens (tertiary/aromatic N) is 1.